The Morgan fingerprint density at radius 2 is 2.41 bits per heavy atom. The van der Waals surface area contributed by atoms with E-state index in [-0.39, 0.29) is 5.91 Å². The monoisotopic (exact) mass is 232 g/mol. The largest absolute Gasteiger partial charge is 0.355 e. The van der Waals surface area contributed by atoms with Crippen molar-refractivity contribution >= 4 is 16.9 Å². The number of nitrogens with one attached hydrogen (secondary N) is 3. The van der Waals surface area contributed by atoms with Gasteiger partial charge < -0.3 is 15.6 Å². The number of fused-ring (bicyclic) bond motifs is 1. The van der Waals surface area contributed by atoms with Crippen molar-refractivity contribution in [1.82, 2.24) is 20.6 Å². The number of hydrogen-bond acceptors (Lipinski definition) is 3. The van der Waals surface area contributed by atoms with Crippen LogP contribution < -0.4 is 10.6 Å². The molecule has 0 bridgehead atoms. The van der Waals surface area contributed by atoms with E-state index in [4.69, 9.17) is 0 Å². The molecule has 0 aromatic carbocycles. The molecule has 0 spiro atoms. The minimum absolute atomic E-state index is 0.0190. The maximum absolute atomic E-state index is 11.2. The Balaban J connectivity index is 1.93. The second-order valence-corrected chi connectivity index (χ2v) is 3.77. The normalized spacial score (nSPS) is 10.6. The third-order valence-corrected chi connectivity index (χ3v) is 2.51. The molecule has 5 heteroatoms. The molecular formula is C12H16N4O. The lowest BCUT2D eigenvalue weighted by Crippen LogP contribution is -2.33. The summed E-state index contributed by atoms with van der Waals surface area (Å²) in [5.74, 6) is 0.0190. The fourth-order valence-electron chi connectivity index (χ4n) is 1.73. The highest BCUT2D eigenvalue weighted by atomic mass is 16.1. The van der Waals surface area contributed by atoms with Gasteiger partial charge in [-0.25, -0.2) is 4.98 Å². The highest BCUT2D eigenvalue weighted by molar-refractivity contribution is 5.80. The van der Waals surface area contributed by atoms with E-state index in [1.807, 2.05) is 25.3 Å². The quantitative estimate of drug-likeness (QED) is 0.713. The number of carbonyl (C=O) groups is 1. The molecule has 0 aliphatic rings. The van der Waals surface area contributed by atoms with Gasteiger partial charge in [0.1, 0.15) is 5.65 Å². The van der Waals surface area contributed by atoms with E-state index >= 15 is 0 Å². The van der Waals surface area contributed by atoms with Gasteiger partial charge in [-0.3, -0.25) is 4.79 Å². The van der Waals surface area contributed by atoms with Crippen LogP contribution in [0.5, 0.6) is 0 Å². The number of likely N-dealkylation sites (N-methyl/N-ethyl adjacent to an activating group) is 1. The smallest absolute Gasteiger partial charge is 0.233 e. The van der Waals surface area contributed by atoms with Gasteiger partial charge in [0.15, 0.2) is 0 Å². The van der Waals surface area contributed by atoms with Crippen LogP contribution in [-0.2, 0) is 11.3 Å². The van der Waals surface area contributed by atoms with Gasteiger partial charge in [-0.15, -0.1) is 0 Å². The van der Waals surface area contributed by atoms with Gasteiger partial charge in [0.25, 0.3) is 0 Å². The van der Waals surface area contributed by atoms with Crippen LogP contribution in [-0.4, -0.2) is 29.0 Å². The predicted octanol–water partition coefficient (Wildman–Crippen LogP) is 0.789. The van der Waals surface area contributed by atoms with Crippen molar-refractivity contribution < 1.29 is 4.79 Å². The molecule has 0 unspecified atom stereocenters. The van der Waals surface area contributed by atoms with Crippen molar-refractivity contribution in [1.29, 1.82) is 0 Å². The van der Waals surface area contributed by atoms with Crippen molar-refractivity contribution in [3.63, 3.8) is 0 Å². The van der Waals surface area contributed by atoms with Crippen molar-refractivity contribution in [3.05, 3.63) is 30.1 Å². The second kappa shape index (κ2) is 5.45. The number of H-pyrrole nitrogens is 1. The van der Waals surface area contributed by atoms with E-state index in [0.717, 1.165) is 16.6 Å². The Morgan fingerprint density at radius 3 is 3.24 bits per heavy atom. The molecular weight excluding hydrogens is 216 g/mol. The molecule has 0 saturated carbocycles. The van der Waals surface area contributed by atoms with E-state index in [9.17, 15) is 4.79 Å². The van der Waals surface area contributed by atoms with Crippen LogP contribution in [0.3, 0.4) is 0 Å². The van der Waals surface area contributed by atoms with Crippen LogP contribution in [0.1, 0.15) is 12.5 Å². The molecule has 1 amide bonds. The number of aromatic amines is 1. The molecule has 0 fully saturated rings. The first-order valence-corrected chi connectivity index (χ1v) is 5.69. The fraction of sp³-hybridized carbons (Fsp3) is 0.333. The summed E-state index contributed by atoms with van der Waals surface area (Å²) in [6, 6.07) is 3.92. The third-order valence-electron chi connectivity index (χ3n) is 2.51. The summed E-state index contributed by atoms with van der Waals surface area (Å²) in [4.78, 5) is 18.6. The molecule has 90 valence electrons. The van der Waals surface area contributed by atoms with E-state index in [1.54, 1.807) is 6.20 Å². The summed E-state index contributed by atoms with van der Waals surface area (Å²) in [6.07, 6.45) is 3.67. The van der Waals surface area contributed by atoms with E-state index in [0.29, 0.717) is 19.6 Å². The number of amides is 1. The molecule has 3 N–H and O–H groups in total. The van der Waals surface area contributed by atoms with Crippen LogP contribution in [0.25, 0.3) is 11.0 Å². The predicted molar refractivity (Wildman–Crippen MR) is 66.5 cm³/mol. The van der Waals surface area contributed by atoms with Gasteiger partial charge in [0.05, 0.1) is 6.54 Å². The van der Waals surface area contributed by atoms with Gasteiger partial charge in [0, 0.05) is 30.9 Å². The highest BCUT2D eigenvalue weighted by Gasteiger charge is 2.04. The molecule has 2 heterocycles. The van der Waals surface area contributed by atoms with Crippen LogP contribution in [0.4, 0.5) is 0 Å². The van der Waals surface area contributed by atoms with Gasteiger partial charge in [-0.05, 0) is 24.6 Å². The fourth-order valence-corrected chi connectivity index (χ4v) is 1.73. The molecule has 2 aromatic heterocycles. The standard InChI is InChI=1S/C12H16N4O/c1-2-14-11(17)8-13-6-9-7-16-12-10(9)4-3-5-15-12/h3-5,7,13H,2,6,8H2,1H3,(H,14,17)(H,15,16). The summed E-state index contributed by atoms with van der Waals surface area (Å²) >= 11 is 0. The topological polar surface area (TPSA) is 69.8 Å². The zero-order valence-electron chi connectivity index (χ0n) is 9.79. The lowest BCUT2D eigenvalue weighted by molar-refractivity contribution is -0.120. The first-order chi connectivity index (χ1) is 8.31. The molecule has 5 nitrogen and oxygen atoms in total. The average molecular weight is 232 g/mol. The Morgan fingerprint density at radius 1 is 1.53 bits per heavy atom. The molecule has 2 rings (SSSR count). The van der Waals surface area contributed by atoms with Gasteiger partial charge >= 0.3 is 0 Å². The summed E-state index contributed by atoms with van der Waals surface area (Å²) in [6.45, 7) is 3.56. The van der Waals surface area contributed by atoms with Crippen LogP contribution in [0, 0.1) is 0 Å². The number of carbonyl (C=O) groups excluding carboxylic acids is 1. The molecule has 2 aromatic rings. The van der Waals surface area contributed by atoms with Gasteiger partial charge in [-0.2, -0.15) is 0 Å². The Bertz CT molecular complexity index is 506. The number of nitrogens with zero attached hydrogens (tertiary/aromatic N) is 1. The minimum Gasteiger partial charge on any atom is -0.355 e. The minimum atomic E-state index is 0.0190. The lowest BCUT2D eigenvalue weighted by Gasteiger charge is -2.03. The van der Waals surface area contributed by atoms with E-state index in [2.05, 4.69) is 20.6 Å². The Labute approximate surface area is 99.6 Å². The maximum atomic E-state index is 11.2. The molecule has 0 radical (unpaired) electrons. The van der Waals surface area contributed by atoms with Crippen molar-refractivity contribution in [2.75, 3.05) is 13.1 Å². The van der Waals surface area contributed by atoms with E-state index < -0.39 is 0 Å². The number of rotatable bonds is 5. The third kappa shape index (κ3) is 2.82. The SMILES string of the molecule is CCNC(=O)CNCc1c[nH]c2ncccc12. The Hall–Kier alpha value is -1.88. The van der Waals surface area contributed by atoms with Crippen LogP contribution in [0.15, 0.2) is 24.5 Å². The number of hydrogen-bond donors (Lipinski definition) is 3. The zero-order valence-corrected chi connectivity index (χ0v) is 9.79. The van der Waals surface area contributed by atoms with Gasteiger partial charge in [-0.1, -0.05) is 0 Å². The summed E-state index contributed by atoms with van der Waals surface area (Å²) in [5, 5.41) is 6.94. The Kier molecular flexibility index (Phi) is 3.72. The van der Waals surface area contributed by atoms with Crippen LogP contribution >= 0.6 is 0 Å². The molecule has 0 saturated heterocycles. The molecule has 17 heavy (non-hydrogen) atoms. The summed E-state index contributed by atoms with van der Waals surface area (Å²) < 4.78 is 0. The number of aromatic nitrogens is 2. The first-order valence-electron chi connectivity index (χ1n) is 5.69. The summed E-state index contributed by atoms with van der Waals surface area (Å²) in [7, 11) is 0. The molecule has 0 aliphatic carbocycles. The summed E-state index contributed by atoms with van der Waals surface area (Å²) in [5.41, 5.74) is 2.00. The highest BCUT2D eigenvalue weighted by Crippen LogP contribution is 2.14. The molecule has 0 aliphatic heterocycles. The second-order valence-electron chi connectivity index (χ2n) is 3.77. The average Bonchev–Trinajstić information content (AvgIpc) is 2.73. The van der Waals surface area contributed by atoms with Gasteiger partial charge in [0.2, 0.25) is 5.91 Å². The van der Waals surface area contributed by atoms with Crippen LogP contribution in [0.2, 0.25) is 0 Å². The van der Waals surface area contributed by atoms with Crippen molar-refractivity contribution in [3.8, 4) is 0 Å². The van der Waals surface area contributed by atoms with Crippen molar-refractivity contribution in [2.45, 2.75) is 13.5 Å². The maximum Gasteiger partial charge on any atom is 0.233 e. The molecule has 0 atom stereocenters. The van der Waals surface area contributed by atoms with Crippen molar-refractivity contribution in [2.24, 2.45) is 0 Å². The zero-order chi connectivity index (χ0) is 12.1. The lowest BCUT2D eigenvalue weighted by atomic mass is 10.2. The number of pyridine rings is 1. The van der Waals surface area contributed by atoms with E-state index in [1.165, 1.54) is 0 Å². The first kappa shape index (κ1) is 11.6.